The second kappa shape index (κ2) is 4.74. The van der Waals surface area contributed by atoms with Gasteiger partial charge >= 0.3 is 0 Å². The first kappa shape index (κ1) is 13.4. The second-order valence-corrected chi connectivity index (χ2v) is 6.17. The lowest BCUT2D eigenvalue weighted by Crippen LogP contribution is -2.33. The summed E-state index contributed by atoms with van der Waals surface area (Å²) in [5.74, 6) is 0.709. The molecule has 0 spiro atoms. The predicted octanol–water partition coefficient (Wildman–Crippen LogP) is 2.04. The average molecular weight is 274 g/mol. The summed E-state index contributed by atoms with van der Waals surface area (Å²) in [5, 5.41) is 4.55. The van der Waals surface area contributed by atoms with E-state index in [2.05, 4.69) is 29.0 Å². The van der Waals surface area contributed by atoms with E-state index in [0.29, 0.717) is 12.0 Å². The average Bonchev–Trinajstić information content (AvgIpc) is 2.83. The lowest BCUT2D eigenvalue weighted by Gasteiger charge is -2.34. The van der Waals surface area contributed by atoms with Gasteiger partial charge in [-0.25, -0.2) is 0 Å². The summed E-state index contributed by atoms with van der Waals surface area (Å²) in [5.41, 5.74) is 3.42. The summed E-state index contributed by atoms with van der Waals surface area (Å²) in [6.45, 7) is 7.14. The topological polar surface area (TPSA) is 53.4 Å². The molecule has 3 heterocycles. The number of nitrogens with zero attached hydrogens (tertiary/aromatic N) is 3. The molecule has 1 saturated heterocycles. The Morgan fingerprint density at radius 3 is 2.90 bits per heavy atom. The van der Waals surface area contributed by atoms with Gasteiger partial charge in [0.2, 0.25) is 0 Å². The van der Waals surface area contributed by atoms with Crippen molar-refractivity contribution in [3.05, 3.63) is 33.4 Å². The van der Waals surface area contributed by atoms with Crippen LogP contribution >= 0.6 is 0 Å². The van der Waals surface area contributed by atoms with E-state index in [1.807, 2.05) is 19.9 Å². The zero-order valence-corrected chi connectivity index (χ0v) is 12.6. The van der Waals surface area contributed by atoms with Crippen LogP contribution in [-0.4, -0.2) is 33.1 Å². The van der Waals surface area contributed by atoms with E-state index in [1.54, 1.807) is 0 Å². The Bertz CT molecular complexity index is 700. The number of aryl methyl sites for hydroxylation is 1. The van der Waals surface area contributed by atoms with E-state index in [9.17, 15) is 4.79 Å². The molecule has 3 rings (SSSR count). The zero-order chi connectivity index (χ0) is 14.4. The van der Waals surface area contributed by atoms with Gasteiger partial charge in [-0.15, -0.1) is 0 Å². The maximum atomic E-state index is 12.3. The number of hydrogen-bond acceptors (Lipinski definition) is 3. The smallest absolute Gasteiger partial charge is 0.277 e. The summed E-state index contributed by atoms with van der Waals surface area (Å²) in [6, 6.07) is 2.33. The molecule has 0 bridgehead atoms. The van der Waals surface area contributed by atoms with E-state index in [-0.39, 0.29) is 5.56 Å². The van der Waals surface area contributed by atoms with E-state index >= 15 is 0 Å². The van der Waals surface area contributed by atoms with Crippen molar-refractivity contribution in [3.63, 3.8) is 0 Å². The number of aromatic nitrogens is 3. The highest BCUT2D eigenvalue weighted by molar-refractivity contribution is 5.42. The molecule has 2 unspecified atom stereocenters. The van der Waals surface area contributed by atoms with Crippen LogP contribution in [0.5, 0.6) is 0 Å². The van der Waals surface area contributed by atoms with Gasteiger partial charge in [-0.2, -0.15) is 9.61 Å². The first-order valence-electron chi connectivity index (χ1n) is 7.26. The highest BCUT2D eigenvalue weighted by Crippen LogP contribution is 2.32. The van der Waals surface area contributed by atoms with Crippen molar-refractivity contribution < 1.29 is 0 Å². The molecule has 1 aliphatic rings. The van der Waals surface area contributed by atoms with Gasteiger partial charge in [0, 0.05) is 17.3 Å². The second-order valence-electron chi connectivity index (χ2n) is 6.17. The summed E-state index contributed by atoms with van der Waals surface area (Å²) in [7, 11) is 2.14. The molecule has 2 atom stereocenters. The molecule has 0 aliphatic carbocycles. The minimum absolute atomic E-state index is 0.0194. The summed E-state index contributed by atoms with van der Waals surface area (Å²) in [6.07, 6.45) is 2.34. The first-order chi connectivity index (χ1) is 9.47. The molecule has 0 saturated carbocycles. The number of likely N-dealkylation sites (tertiary alicyclic amines) is 1. The van der Waals surface area contributed by atoms with Crippen molar-refractivity contribution in [2.45, 2.75) is 39.7 Å². The van der Waals surface area contributed by atoms with Gasteiger partial charge in [-0.1, -0.05) is 6.92 Å². The van der Waals surface area contributed by atoms with Gasteiger partial charge in [0.15, 0.2) is 0 Å². The van der Waals surface area contributed by atoms with Crippen LogP contribution < -0.4 is 5.56 Å². The number of rotatable bonds is 1. The third kappa shape index (κ3) is 2.06. The van der Waals surface area contributed by atoms with Gasteiger partial charge in [-0.3, -0.25) is 9.69 Å². The lowest BCUT2D eigenvalue weighted by molar-refractivity contribution is 0.146. The van der Waals surface area contributed by atoms with Gasteiger partial charge in [0.25, 0.3) is 5.56 Å². The third-order valence-electron chi connectivity index (χ3n) is 4.59. The number of piperidine rings is 1. The number of hydrogen-bond donors (Lipinski definition) is 1. The Labute approximate surface area is 118 Å². The van der Waals surface area contributed by atoms with E-state index in [1.165, 1.54) is 10.9 Å². The summed E-state index contributed by atoms with van der Waals surface area (Å²) in [4.78, 5) is 17.9. The molecular weight excluding hydrogens is 252 g/mol. The Morgan fingerprint density at radius 1 is 1.40 bits per heavy atom. The molecule has 108 valence electrons. The number of aromatic amines is 1. The van der Waals surface area contributed by atoms with Crippen molar-refractivity contribution in [1.29, 1.82) is 0 Å². The van der Waals surface area contributed by atoms with Crippen molar-refractivity contribution in [1.82, 2.24) is 19.5 Å². The maximum absolute atomic E-state index is 12.3. The Balaban J connectivity index is 2.09. The van der Waals surface area contributed by atoms with Crippen LogP contribution in [0.1, 0.15) is 42.8 Å². The third-order valence-corrected chi connectivity index (χ3v) is 4.59. The van der Waals surface area contributed by atoms with Gasteiger partial charge in [-0.05, 0) is 46.2 Å². The largest absolute Gasteiger partial charge is 0.343 e. The normalized spacial score (nSPS) is 24.4. The van der Waals surface area contributed by atoms with E-state index in [4.69, 9.17) is 0 Å². The van der Waals surface area contributed by atoms with Crippen molar-refractivity contribution >= 4 is 5.65 Å². The van der Waals surface area contributed by atoms with Crippen LogP contribution in [0.4, 0.5) is 0 Å². The van der Waals surface area contributed by atoms with Crippen LogP contribution in [0, 0.1) is 19.8 Å². The molecule has 2 aromatic rings. The van der Waals surface area contributed by atoms with Crippen LogP contribution in [-0.2, 0) is 0 Å². The van der Waals surface area contributed by atoms with Crippen LogP contribution in [0.3, 0.4) is 0 Å². The van der Waals surface area contributed by atoms with Crippen LogP contribution in [0.2, 0.25) is 0 Å². The Kier molecular flexibility index (Phi) is 3.17. The van der Waals surface area contributed by atoms with Crippen molar-refractivity contribution in [3.8, 4) is 0 Å². The van der Waals surface area contributed by atoms with Crippen molar-refractivity contribution in [2.24, 2.45) is 5.92 Å². The van der Waals surface area contributed by atoms with E-state index < -0.39 is 0 Å². The molecule has 1 fully saturated rings. The van der Waals surface area contributed by atoms with Crippen LogP contribution in [0.25, 0.3) is 5.65 Å². The van der Waals surface area contributed by atoms with Crippen LogP contribution in [0.15, 0.2) is 10.9 Å². The molecule has 0 aromatic carbocycles. The van der Waals surface area contributed by atoms with Gasteiger partial charge in [0.05, 0.1) is 11.7 Å². The van der Waals surface area contributed by atoms with E-state index in [0.717, 1.165) is 35.6 Å². The highest BCUT2D eigenvalue weighted by Gasteiger charge is 2.27. The monoisotopic (exact) mass is 274 g/mol. The Morgan fingerprint density at radius 2 is 2.15 bits per heavy atom. The summed E-state index contributed by atoms with van der Waals surface area (Å²) < 4.78 is 1.50. The van der Waals surface area contributed by atoms with Gasteiger partial charge < -0.3 is 4.98 Å². The predicted molar refractivity (Wildman–Crippen MR) is 79.1 cm³/mol. The molecule has 0 amide bonds. The molecule has 1 N–H and O–H groups in total. The minimum Gasteiger partial charge on any atom is -0.343 e. The molecule has 0 radical (unpaired) electrons. The fourth-order valence-electron chi connectivity index (χ4n) is 3.02. The molecule has 20 heavy (non-hydrogen) atoms. The quantitative estimate of drug-likeness (QED) is 0.866. The molecule has 2 aromatic heterocycles. The molecule has 5 heteroatoms. The summed E-state index contributed by atoms with van der Waals surface area (Å²) >= 11 is 0. The Hall–Kier alpha value is -1.62. The SMILES string of the molecule is Cc1[nH]c2cc(C3CC(C)CCN3C)nn2c(=O)c1C. The molecule has 1 aliphatic heterocycles. The standard InChI is InChI=1S/C15H22N4O/c1-9-5-6-18(4)13(7-9)12-8-14-16-11(3)10(2)15(20)19(14)17-12/h8-9,13,16H,5-7H2,1-4H3. The zero-order valence-electron chi connectivity index (χ0n) is 12.6. The van der Waals surface area contributed by atoms with Crippen molar-refractivity contribution in [2.75, 3.05) is 13.6 Å². The molecular formula is C15H22N4O. The number of nitrogens with one attached hydrogen (secondary N) is 1. The lowest BCUT2D eigenvalue weighted by atomic mass is 9.91. The fourth-order valence-corrected chi connectivity index (χ4v) is 3.02. The molecule has 5 nitrogen and oxygen atoms in total. The highest BCUT2D eigenvalue weighted by atomic mass is 16.1. The number of H-pyrrole nitrogens is 1. The maximum Gasteiger partial charge on any atom is 0.277 e. The fraction of sp³-hybridized carbons (Fsp3) is 0.600. The number of fused-ring (bicyclic) bond motifs is 1. The van der Waals surface area contributed by atoms with Gasteiger partial charge in [0.1, 0.15) is 5.65 Å². The minimum atomic E-state index is -0.0194. The first-order valence-corrected chi connectivity index (χ1v) is 7.26.